The Morgan fingerprint density at radius 3 is 2.92 bits per heavy atom. The molecule has 0 aliphatic carbocycles. The van der Waals surface area contributed by atoms with Gasteiger partial charge < -0.3 is 19.5 Å². The minimum atomic E-state index is 0.0118. The quantitative estimate of drug-likeness (QED) is 0.932. The van der Waals surface area contributed by atoms with Gasteiger partial charge in [0.25, 0.3) is 5.91 Å². The lowest BCUT2D eigenvalue weighted by molar-refractivity contribution is 0.0704. The molecule has 1 aromatic heterocycles. The van der Waals surface area contributed by atoms with Crippen molar-refractivity contribution < 1.29 is 14.1 Å². The molecule has 0 spiro atoms. The van der Waals surface area contributed by atoms with Crippen LogP contribution in [-0.4, -0.2) is 41.6 Å². The van der Waals surface area contributed by atoms with Crippen LogP contribution in [0.4, 0.5) is 0 Å². The highest BCUT2D eigenvalue weighted by molar-refractivity contribution is 5.97. The van der Waals surface area contributed by atoms with Crippen LogP contribution >= 0.6 is 0 Å². The lowest BCUT2D eigenvalue weighted by atomic mass is 10.1. The number of piperazine rings is 1. The summed E-state index contributed by atoms with van der Waals surface area (Å²) in [6.07, 6.45) is 0. The minimum Gasteiger partial charge on any atom is -0.488 e. The fourth-order valence-corrected chi connectivity index (χ4v) is 2.91. The van der Waals surface area contributed by atoms with Gasteiger partial charge >= 0.3 is 0 Å². The summed E-state index contributed by atoms with van der Waals surface area (Å²) < 4.78 is 11.1. The highest BCUT2D eigenvalue weighted by atomic mass is 16.5. The Labute approximate surface area is 141 Å². The van der Waals surface area contributed by atoms with Crippen molar-refractivity contribution in [3.63, 3.8) is 0 Å². The standard InChI is InChI=1S/C18H23N3O3/c1-12-10-21(9-8-19-12)18(22)15-6-4-5-7-17(15)23-11-16-13(2)20-24-14(16)3/h4-7,12,19H,8-11H2,1-3H3. The van der Waals surface area contributed by atoms with Crippen molar-refractivity contribution in [2.75, 3.05) is 19.6 Å². The Kier molecular flexibility index (Phi) is 4.85. The molecule has 1 amide bonds. The Bertz CT molecular complexity index is 707. The molecular weight excluding hydrogens is 306 g/mol. The van der Waals surface area contributed by atoms with Crippen LogP contribution in [0.15, 0.2) is 28.8 Å². The number of rotatable bonds is 4. The summed E-state index contributed by atoms with van der Waals surface area (Å²) in [6.45, 7) is 8.39. The van der Waals surface area contributed by atoms with Crippen molar-refractivity contribution in [1.29, 1.82) is 0 Å². The maximum Gasteiger partial charge on any atom is 0.257 e. The molecule has 3 rings (SSSR count). The minimum absolute atomic E-state index is 0.0118. The third-order valence-electron chi connectivity index (χ3n) is 4.33. The SMILES string of the molecule is Cc1noc(C)c1COc1ccccc1C(=O)N1CCNC(C)C1. The van der Waals surface area contributed by atoms with E-state index < -0.39 is 0 Å². The molecule has 0 saturated carbocycles. The first kappa shape index (κ1) is 16.5. The van der Waals surface area contributed by atoms with E-state index in [4.69, 9.17) is 9.26 Å². The molecule has 6 nitrogen and oxygen atoms in total. The number of nitrogens with zero attached hydrogens (tertiary/aromatic N) is 2. The van der Waals surface area contributed by atoms with Gasteiger partial charge in [0.2, 0.25) is 0 Å². The molecule has 0 radical (unpaired) electrons. The zero-order chi connectivity index (χ0) is 17.1. The molecule has 6 heteroatoms. The van der Waals surface area contributed by atoms with E-state index in [1.165, 1.54) is 0 Å². The Hall–Kier alpha value is -2.34. The summed E-state index contributed by atoms with van der Waals surface area (Å²) >= 11 is 0. The number of para-hydroxylation sites is 1. The molecule has 1 unspecified atom stereocenters. The monoisotopic (exact) mass is 329 g/mol. The summed E-state index contributed by atoms with van der Waals surface area (Å²) in [5, 5.41) is 7.28. The average Bonchev–Trinajstić information content (AvgIpc) is 2.91. The van der Waals surface area contributed by atoms with E-state index >= 15 is 0 Å². The van der Waals surface area contributed by atoms with Crippen LogP contribution in [0.5, 0.6) is 5.75 Å². The number of hydrogen-bond donors (Lipinski definition) is 1. The summed E-state index contributed by atoms with van der Waals surface area (Å²) in [6, 6.07) is 7.69. The number of hydrogen-bond acceptors (Lipinski definition) is 5. The molecule has 1 aromatic carbocycles. The van der Waals surface area contributed by atoms with E-state index in [0.29, 0.717) is 37.1 Å². The predicted octanol–water partition coefficient (Wildman–Crippen LogP) is 2.30. The molecule has 2 aromatic rings. The molecule has 1 N–H and O–H groups in total. The van der Waals surface area contributed by atoms with E-state index in [9.17, 15) is 4.79 Å². The zero-order valence-corrected chi connectivity index (χ0v) is 14.3. The van der Waals surface area contributed by atoms with Gasteiger partial charge in [-0.2, -0.15) is 0 Å². The topological polar surface area (TPSA) is 67.6 Å². The van der Waals surface area contributed by atoms with Gasteiger partial charge in [-0.25, -0.2) is 0 Å². The number of benzene rings is 1. The normalized spacial score (nSPS) is 17.8. The van der Waals surface area contributed by atoms with Crippen LogP contribution in [0.2, 0.25) is 0 Å². The second kappa shape index (κ2) is 7.05. The van der Waals surface area contributed by atoms with Crippen molar-refractivity contribution >= 4 is 5.91 Å². The Morgan fingerprint density at radius 1 is 1.42 bits per heavy atom. The Balaban J connectivity index is 1.76. The lowest BCUT2D eigenvalue weighted by Crippen LogP contribution is -2.51. The van der Waals surface area contributed by atoms with Crippen molar-refractivity contribution in [1.82, 2.24) is 15.4 Å². The van der Waals surface area contributed by atoms with Crippen molar-refractivity contribution in [2.24, 2.45) is 0 Å². The first-order chi connectivity index (χ1) is 11.6. The predicted molar refractivity (Wildman–Crippen MR) is 90.1 cm³/mol. The molecule has 1 saturated heterocycles. The van der Waals surface area contributed by atoms with Crippen LogP contribution < -0.4 is 10.1 Å². The fourth-order valence-electron chi connectivity index (χ4n) is 2.91. The summed E-state index contributed by atoms with van der Waals surface area (Å²) in [5.41, 5.74) is 2.33. The number of aromatic nitrogens is 1. The number of aryl methyl sites for hydroxylation is 2. The number of nitrogens with one attached hydrogen (secondary N) is 1. The van der Waals surface area contributed by atoms with Gasteiger partial charge in [-0.1, -0.05) is 17.3 Å². The molecule has 1 aliphatic rings. The maximum absolute atomic E-state index is 12.8. The maximum atomic E-state index is 12.8. The van der Waals surface area contributed by atoms with Gasteiger partial charge in [0, 0.05) is 25.7 Å². The first-order valence-corrected chi connectivity index (χ1v) is 8.22. The van der Waals surface area contributed by atoms with Gasteiger partial charge in [-0.05, 0) is 32.9 Å². The van der Waals surface area contributed by atoms with Crippen molar-refractivity contribution in [2.45, 2.75) is 33.4 Å². The van der Waals surface area contributed by atoms with E-state index in [-0.39, 0.29) is 5.91 Å². The van der Waals surface area contributed by atoms with E-state index in [1.54, 1.807) is 0 Å². The third kappa shape index (κ3) is 3.43. The number of ether oxygens (including phenoxy) is 1. The molecule has 24 heavy (non-hydrogen) atoms. The zero-order valence-electron chi connectivity index (χ0n) is 14.3. The van der Waals surface area contributed by atoms with E-state index in [2.05, 4.69) is 17.4 Å². The van der Waals surface area contributed by atoms with Crippen LogP contribution in [0.3, 0.4) is 0 Å². The van der Waals surface area contributed by atoms with Crippen LogP contribution in [-0.2, 0) is 6.61 Å². The van der Waals surface area contributed by atoms with Gasteiger partial charge in [-0.3, -0.25) is 4.79 Å². The average molecular weight is 329 g/mol. The van der Waals surface area contributed by atoms with Crippen LogP contribution in [0.1, 0.15) is 34.3 Å². The molecular formula is C18H23N3O3. The van der Waals surface area contributed by atoms with E-state index in [0.717, 1.165) is 23.6 Å². The van der Waals surface area contributed by atoms with Gasteiger partial charge in [-0.15, -0.1) is 0 Å². The van der Waals surface area contributed by atoms with Gasteiger partial charge in [0.05, 0.1) is 16.8 Å². The largest absolute Gasteiger partial charge is 0.488 e. The molecule has 1 aliphatic heterocycles. The van der Waals surface area contributed by atoms with Crippen molar-refractivity contribution in [3.05, 3.63) is 46.8 Å². The first-order valence-electron chi connectivity index (χ1n) is 8.22. The number of carbonyl (C=O) groups excluding carboxylic acids is 1. The molecule has 128 valence electrons. The van der Waals surface area contributed by atoms with Crippen molar-refractivity contribution in [3.8, 4) is 5.75 Å². The summed E-state index contributed by atoms with van der Waals surface area (Å²) in [5.74, 6) is 1.35. The smallest absolute Gasteiger partial charge is 0.257 e. The molecule has 2 heterocycles. The number of amides is 1. The highest BCUT2D eigenvalue weighted by Gasteiger charge is 2.24. The van der Waals surface area contributed by atoms with Gasteiger partial charge in [0.1, 0.15) is 18.1 Å². The van der Waals surface area contributed by atoms with E-state index in [1.807, 2.05) is 43.0 Å². The van der Waals surface area contributed by atoms with Crippen LogP contribution in [0.25, 0.3) is 0 Å². The Morgan fingerprint density at radius 2 is 2.21 bits per heavy atom. The van der Waals surface area contributed by atoms with Gasteiger partial charge in [0.15, 0.2) is 0 Å². The number of carbonyl (C=O) groups is 1. The van der Waals surface area contributed by atoms with Crippen LogP contribution in [0, 0.1) is 13.8 Å². The molecule has 0 bridgehead atoms. The highest BCUT2D eigenvalue weighted by Crippen LogP contribution is 2.23. The fraction of sp³-hybridized carbons (Fsp3) is 0.444. The lowest BCUT2D eigenvalue weighted by Gasteiger charge is -2.32. The molecule has 1 fully saturated rings. The summed E-state index contributed by atoms with van der Waals surface area (Å²) in [4.78, 5) is 14.7. The second-order valence-corrected chi connectivity index (χ2v) is 6.19. The summed E-state index contributed by atoms with van der Waals surface area (Å²) in [7, 11) is 0. The molecule has 1 atom stereocenters. The third-order valence-corrected chi connectivity index (χ3v) is 4.33. The second-order valence-electron chi connectivity index (χ2n) is 6.19.